The number of halogens is 2. The number of aliphatic carboxylic acids is 1. The Balaban J connectivity index is 2.89. The van der Waals surface area contributed by atoms with Gasteiger partial charge in [0, 0.05) is 23.7 Å². The average Bonchev–Trinajstić information content (AvgIpc) is 2.28. The van der Waals surface area contributed by atoms with Crippen molar-refractivity contribution in [2.24, 2.45) is 0 Å². The average molecular weight is 306 g/mol. The van der Waals surface area contributed by atoms with E-state index in [1.165, 1.54) is 25.3 Å². The summed E-state index contributed by atoms with van der Waals surface area (Å²) in [5, 5.41) is 11.8. The van der Waals surface area contributed by atoms with Crippen LogP contribution in [0.1, 0.15) is 11.6 Å². The molecule has 0 aliphatic heterocycles. The Labute approximate surface area is 107 Å². The normalized spacial score (nSPS) is 12.4. The number of ether oxygens (including phenoxy) is 1. The van der Waals surface area contributed by atoms with Crippen molar-refractivity contribution in [2.45, 2.75) is 6.04 Å². The summed E-state index contributed by atoms with van der Waals surface area (Å²) in [6, 6.07) is 3.12. The van der Waals surface area contributed by atoms with Gasteiger partial charge in [0.25, 0.3) is 0 Å². The van der Waals surface area contributed by atoms with Crippen LogP contribution in [-0.4, -0.2) is 31.3 Å². The summed E-state index contributed by atoms with van der Waals surface area (Å²) in [5.41, 5.74) is 0.1000. The topological polar surface area (TPSA) is 58.6 Å². The lowest BCUT2D eigenvalue weighted by Crippen LogP contribution is -2.31. The van der Waals surface area contributed by atoms with E-state index in [1.54, 1.807) is 0 Å². The summed E-state index contributed by atoms with van der Waals surface area (Å²) in [6.45, 7) is 0.693. The van der Waals surface area contributed by atoms with Crippen molar-refractivity contribution in [1.82, 2.24) is 5.32 Å². The Morgan fingerprint density at radius 1 is 1.65 bits per heavy atom. The number of carbonyl (C=O) groups is 1. The van der Waals surface area contributed by atoms with Crippen molar-refractivity contribution in [3.05, 3.63) is 34.1 Å². The lowest BCUT2D eigenvalue weighted by Gasteiger charge is -2.15. The minimum absolute atomic E-state index is 0.1000. The Kier molecular flexibility index (Phi) is 5.54. The standard InChI is InChI=1S/C11H13BrFNO3/c1-17-5-4-14-10(11(15)16)8-6-7(12)2-3-9(8)13/h2-3,6,10,14H,4-5H2,1H3,(H,15,16). The zero-order valence-corrected chi connectivity index (χ0v) is 10.8. The van der Waals surface area contributed by atoms with E-state index in [0.29, 0.717) is 17.6 Å². The molecule has 0 heterocycles. The molecule has 0 saturated heterocycles. The van der Waals surface area contributed by atoms with Crippen LogP contribution in [0.4, 0.5) is 4.39 Å². The van der Waals surface area contributed by atoms with Crippen molar-refractivity contribution in [2.75, 3.05) is 20.3 Å². The molecule has 0 aliphatic carbocycles. The molecule has 1 aromatic carbocycles. The molecular weight excluding hydrogens is 293 g/mol. The van der Waals surface area contributed by atoms with Crippen LogP contribution in [0.3, 0.4) is 0 Å². The van der Waals surface area contributed by atoms with Gasteiger partial charge in [0.1, 0.15) is 11.9 Å². The van der Waals surface area contributed by atoms with Crippen LogP contribution in [-0.2, 0) is 9.53 Å². The molecule has 1 atom stereocenters. The largest absolute Gasteiger partial charge is 0.480 e. The summed E-state index contributed by atoms with van der Waals surface area (Å²) >= 11 is 3.18. The summed E-state index contributed by atoms with van der Waals surface area (Å²) in [6.07, 6.45) is 0. The molecule has 4 nitrogen and oxygen atoms in total. The van der Waals surface area contributed by atoms with Gasteiger partial charge in [-0.05, 0) is 18.2 Å². The molecule has 0 amide bonds. The molecule has 0 aliphatic rings. The lowest BCUT2D eigenvalue weighted by atomic mass is 10.1. The fraction of sp³-hybridized carbons (Fsp3) is 0.364. The van der Waals surface area contributed by atoms with Gasteiger partial charge in [0.2, 0.25) is 0 Å². The zero-order valence-electron chi connectivity index (χ0n) is 9.24. The number of carboxylic acid groups (broad SMARTS) is 1. The first-order valence-corrected chi connectivity index (χ1v) is 5.75. The van der Waals surface area contributed by atoms with Crippen LogP contribution in [0.25, 0.3) is 0 Å². The third-order valence-corrected chi connectivity index (χ3v) is 2.66. The minimum Gasteiger partial charge on any atom is -0.480 e. The van der Waals surface area contributed by atoms with Crippen LogP contribution < -0.4 is 5.32 Å². The number of rotatable bonds is 6. The van der Waals surface area contributed by atoms with Gasteiger partial charge in [-0.25, -0.2) is 4.39 Å². The number of hydrogen-bond donors (Lipinski definition) is 2. The third kappa shape index (κ3) is 4.07. The maximum Gasteiger partial charge on any atom is 0.325 e. The first-order valence-electron chi connectivity index (χ1n) is 4.96. The SMILES string of the molecule is COCCNC(C(=O)O)c1cc(Br)ccc1F. The highest BCUT2D eigenvalue weighted by Gasteiger charge is 2.22. The molecule has 1 unspecified atom stereocenters. The monoisotopic (exact) mass is 305 g/mol. The van der Waals surface area contributed by atoms with Crippen molar-refractivity contribution in [3.63, 3.8) is 0 Å². The minimum atomic E-state index is -1.13. The predicted molar refractivity (Wildman–Crippen MR) is 64.4 cm³/mol. The van der Waals surface area contributed by atoms with Crippen molar-refractivity contribution >= 4 is 21.9 Å². The summed E-state index contributed by atoms with van der Waals surface area (Å²) in [7, 11) is 1.51. The molecule has 0 saturated carbocycles. The molecule has 17 heavy (non-hydrogen) atoms. The summed E-state index contributed by atoms with van der Waals surface area (Å²) in [5.74, 6) is -1.68. The van der Waals surface area contributed by atoms with E-state index < -0.39 is 17.8 Å². The van der Waals surface area contributed by atoms with Gasteiger partial charge in [0.15, 0.2) is 0 Å². The fourth-order valence-electron chi connectivity index (χ4n) is 1.37. The van der Waals surface area contributed by atoms with Gasteiger partial charge in [-0.1, -0.05) is 15.9 Å². The van der Waals surface area contributed by atoms with Gasteiger partial charge in [-0.3, -0.25) is 10.1 Å². The number of methoxy groups -OCH3 is 1. The predicted octanol–water partition coefficient (Wildman–Crippen LogP) is 1.95. The molecule has 94 valence electrons. The zero-order chi connectivity index (χ0) is 12.8. The van der Waals surface area contributed by atoms with E-state index in [-0.39, 0.29) is 5.56 Å². The first kappa shape index (κ1) is 14.1. The molecule has 2 N–H and O–H groups in total. The van der Waals surface area contributed by atoms with Gasteiger partial charge in [-0.15, -0.1) is 0 Å². The second-order valence-corrected chi connectivity index (χ2v) is 4.30. The highest BCUT2D eigenvalue weighted by molar-refractivity contribution is 9.10. The molecule has 1 rings (SSSR count). The maximum absolute atomic E-state index is 13.5. The smallest absolute Gasteiger partial charge is 0.325 e. The van der Waals surface area contributed by atoms with E-state index in [0.717, 1.165) is 0 Å². The Morgan fingerprint density at radius 3 is 2.94 bits per heavy atom. The van der Waals surface area contributed by atoms with Crippen molar-refractivity contribution in [1.29, 1.82) is 0 Å². The van der Waals surface area contributed by atoms with Crippen LogP contribution >= 0.6 is 15.9 Å². The molecule has 6 heteroatoms. The quantitative estimate of drug-likeness (QED) is 0.789. The first-order chi connectivity index (χ1) is 8.06. The fourth-order valence-corrected chi connectivity index (χ4v) is 1.75. The molecule has 0 bridgehead atoms. The second kappa shape index (κ2) is 6.68. The van der Waals surface area contributed by atoms with E-state index in [1.807, 2.05) is 0 Å². The summed E-state index contributed by atoms with van der Waals surface area (Å²) in [4.78, 5) is 11.1. The van der Waals surface area contributed by atoms with E-state index in [2.05, 4.69) is 21.2 Å². The molecule has 0 fully saturated rings. The molecular formula is C11H13BrFNO3. The second-order valence-electron chi connectivity index (χ2n) is 3.38. The van der Waals surface area contributed by atoms with E-state index in [4.69, 9.17) is 9.84 Å². The molecule has 0 spiro atoms. The van der Waals surface area contributed by atoms with E-state index in [9.17, 15) is 9.18 Å². The maximum atomic E-state index is 13.5. The highest BCUT2D eigenvalue weighted by Crippen LogP contribution is 2.22. The Morgan fingerprint density at radius 2 is 2.35 bits per heavy atom. The van der Waals surface area contributed by atoms with Gasteiger partial charge in [0.05, 0.1) is 6.61 Å². The lowest BCUT2D eigenvalue weighted by molar-refractivity contribution is -0.139. The third-order valence-electron chi connectivity index (χ3n) is 2.17. The number of carboxylic acids is 1. The molecule has 1 aromatic rings. The van der Waals surface area contributed by atoms with Crippen LogP contribution in [0.5, 0.6) is 0 Å². The van der Waals surface area contributed by atoms with Crippen molar-refractivity contribution in [3.8, 4) is 0 Å². The highest BCUT2D eigenvalue weighted by atomic mass is 79.9. The summed E-state index contributed by atoms with van der Waals surface area (Å²) < 4.78 is 19.0. The molecule has 0 aromatic heterocycles. The number of hydrogen-bond acceptors (Lipinski definition) is 3. The van der Waals surface area contributed by atoms with Crippen molar-refractivity contribution < 1.29 is 19.0 Å². The Bertz CT molecular complexity index is 400. The van der Waals surface area contributed by atoms with Gasteiger partial charge < -0.3 is 9.84 Å². The van der Waals surface area contributed by atoms with Crippen LogP contribution in [0, 0.1) is 5.82 Å². The number of benzene rings is 1. The number of nitrogens with one attached hydrogen (secondary N) is 1. The van der Waals surface area contributed by atoms with Crippen LogP contribution in [0.15, 0.2) is 22.7 Å². The molecule has 0 radical (unpaired) electrons. The van der Waals surface area contributed by atoms with Gasteiger partial charge in [-0.2, -0.15) is 0 Å². The Hall–Kier alpha value is -0.980. The van der Waals surface area contributed by atoms with Crippen LogP contribution in [0.2, 0.25) is 0 Å². The van der Waals surface area contributed by atoms with Gasteiger partial charge >= 0.3 is 5.97 Å². The van der Waals surface area contributed by atoms with E-state index >= 15 is 0 Å².